The summed E-state index contributed by atoms with van der Waals surface area (Å²) < 4.78 is 6.08. The minimum absolute atomic E-state index is 0.0589. The number of carbonyl (C=O) groups excluding carboxylic acids is 1. The standard InChI is InChI=1S/C25H31N5O2/c1-16(2)24-26-12-18(13-27-24)14-30-9-10-32-23(15-30)22-11-20(25(31)28-17(3)4)19-7-5-6-8-21(19)29-22/h5-8,11-13,16-17,23H,9-10,14-15H2,1-4H3,(H,28,31). The number of fused-ring (bicyclic) bond motifs is 1. The highest BCUT2D eigenvalue weighted by Gasteiger charge is 2.25. The van der Waals surface area contributed by atoms with Crippen molar-refractivity contribution in [1.29, 1.82) is 0 Å². The summed E-state index contributed by atoms with van der Waals surface area (Å²) >= 11 is 0. The Kier molecular flexibility index (Phi) is 6.77. The van der Waals surface area contributed by atoms with Crippen LogP contribution in [-0.2, 0) is 11.3 Å². The van der Waals surface area contributed by atoms with E-state index in [-0.39, 0.29) is 18.1 Å². The molecule has 0 spiro atoms. The molecular formula is C25H31N5O2. The minimum atomic E-state index is -0.199. The summed E-state index contributed by atoms with van der Waals surface area (Å²) in [4.78, 5) is 29.0. The number of aromatic nitrogens is 3. The molecule has 1 aromatic carbocycles. The van der Waals surface area contributed by atoms with Gasteiger partial charge in [0.05, 0.1) is 23.4 Å². The predicted molar refractivity (Wildman–Crippen MR) is 124 cm³/mol. The van der Waals surface area contributed by atoms with Crippen LogP contribution in [0, 0.1) is 0 Å². The molecular weight excluding hydrogens is 402 g/mol. The van der Waals surface area contributed by atoms with Gasteiger partial charge in [0.15, 0.2) is 0 Å². The zero-order chi connectivity index (χ0) is 22.7. The first-order valence-corrected chi connectivity index (χ1v) is 11.3. The Morgan fingerprint density at radius 1 is 1.19 bits per heavy atom. The molecule has 1 unspecified atom stereocenters. The zero-order valence-electron chi connectivity index (χ0n) is 19.2. The van der Waals surface area contributed by atoms with Crippen LogP contribution in [0.25, 0.3) is 10.9 Å². The van der Waals surface area contributed by atoms with Gasteiger partial charge in [0.1, 0.15) is 11.9 Å². The number of para-hydroxylation sites is 1. The van der Waals surface area contributed by atoms with Crippen molar-refractivity contribution >= 4 is 16.8 Å². The van der Waals surface area contributed by atoms with Crippen molar-refractivity contribution in [3.63, 3.8) is 0 Å². The number of pyridine rings is 1. The number of hydrogen-bond donors (Lipinski definition) is 1. The molecule has 3 heterocycles. The van der Waals surface area contributed by atoms with Crippen molar-refractivity contribution in [1.82, 2.24) is 25.2 Å². The Labute approximate surface area is 189 Å². The van der Waals surface area contributed by atoms with E-state index in [1.54, 1.807) is 0 Å². The van der Waals surface area contributed by atoms with Crippen molar-refractivity contribution in [3.8, 4) is 0 Å². The first-order valence-electron chi connectivity index (χ1n) is 11.3. The highest BCUT2D eigenvalue weighted by atomic mass is 16.5. The molecule has 3 aromatic rings. The van der Waals surface area contributed by atoms with Gasteiger partial charge in [0.25, 0.3) is 5.91 Å². The van der Waals surface area contributed by atoms with Crippen molar-refractivity contribution in [2.45, 2.75) is 52.3 Å². The second kappa shape index (κ2) is 9.71. The molecule has 2 aromatic heterocycles. The number of rotatable bonds is 6. The fourth-order valence-electron chi connectivity index (χ4n) is 3.92. The SMILES string of the molecule is CC(C)NC(=O)c1cc(C2CN(Cc3cnc(C(C)C)nc3)CCO2)nc2ccccc12. The van der Waals surface area contributed by atoms with Crippen molar-refractivity contribution in [2.75, 3.05) is 19.7 Å². The molecule has 7 nitrogen and oxygen atoms in total. The Hall–Kier alpha value is -2.90. The highest BCUT2D eigenvalue weighted by Crippen LogP contribution is 2.27. The second-order valence-corrected chi connectivity index (χ2v) is 8.94. The van der Waals surface area contributed by atoms with Gasteiger partial charge in [-0.2, -0.15) is 0 Å². The number of hydrogen-bond acceptors (Lipinski definition) is 6. The molecule has 32 heavy (non-hydrogen) atoms. The molecule has 1 aliphatic heterocycles. The van der Waals surface area contributed by atoms with E-state index in [4.69, 9.17) is 9.72 Å². The molecule has 0 saturated carbocycles. The average Bonchev–Trinajstić information content (AvgIpc) is 2.78. The number of nitrogens with zero attached hydrogens (tertiary/aromatic N) is 4. The summed E-state index contributed by atoms with van der Waals surface area (Å²) in [6.07, 6.45) is 3.63. The Balaban J connectivity index is 1.56. The summed E-state index contributed by atoms with van der Waals surface area (Å²) in [5.41, 5.74) is 3.31. The van der Waals surface area contributed by atoms with E-state index < -0.39 is 0 Å². The van der Waals surface area contributed by atoms with Crippen LogP contribution in [0.4, 0.5) is 0 Å². The first kappa shape index (κ1) is 22.3. The Bertz CT molecular complexity index is 1080. The zero-order valence-corrected chi connectivity index (χ0v) is 19.2. The van der Waals surface area contributed by atoms with Gasteiger partial charge in [-0.05, 0) is 26.0 Å². The normalized spacial score (nSPS) is 17.2. The van der Waals surface area contributed by atoms with Gasteiger partial charge in [-0.1, -0.05) is 32.0 Å². The molecule has 1 N–H and O–H groups in total. The quantitative estimate of drug-likeness (QED) is 0.636. The van der Waals surface area contributed by atoms with E-state index >= 15 is 0 Å². The summed E-state index contributed by atoms with van der Waals surface area (Å²) in [5.74, 6) is 1.09. The maximum absolute atomic E-state index is 12.9. The average molecular weight is 434 g/mol. The molecule has 1 amide bonds. The molecule has 0 aliphatic carbocycles. The van der Waals surface area contributed by atoms with E-state index in [1.165, 1.54) is 0 Å². The second-order valence-electron chi connectivity index (χ2n) is 8.94. The van der Waals surface area contributed by atoms with E-state index in [9.17, 15) is 4.79 Å². The number of carbonyl (C=O) groups is 1. The topological polar surface area (TPSA) is 80.2 Å². The van der Waals surface area contributed by atoms with Gasteiger partial charge >= 0.3 is 0 Å². The van der Waals surface area contributed by atoms with Crippen molar-refractivity contribution in [3.05, 3.63) is 65.4 Å². The minimum Gasteiger partial charge on any atom is -0.369 e. The molecule has 4 rings (SSSR count). The van der Waals surface area contributed by atoms with Gasteiger partial charge in [-0.15, -0.1) is 0 Å². The van der Waals surface area contributed by atoms with Crippen LogP contribution < -0.4 is 5.32 Å². The molecule has 0 bridgehead atoms. The van der Waals surface area contributed by atoms with Crippen LogP contribution in [0.2, 0.25) is 0 Å². The number of benzene rings is 1. The van der Waals surface area contributed by atoms with Crippen LogP contribution >= 0.6 is 0 Å². The summed E-state index contributed by atoms with van der Waals surface area (Å²) in [7, 11) is 0. The molecule has 1 aliphatic rings. The van der Waals surface area contributed by atoms with E-state index in [2.05, 4.69) is 34.0 Å². The van der Waals surface area contributed by atoms with Crippen LogP contribution in [0.3, 0.4) is 0 Å². The lowest BCUT2D eigenvalue weighted by Crippen LogP contribution is -2.38. The van der Waals surface area contributed by atoms with Crippen LogP contribution in [0.5, 0.6) is 0 Å². The fourth-order valence-corrected chi connectivity index (χ4v) is 3.92. The molecule has 1 saturated heterocycles. The Morgan fingerprint density at radius 2 is 1.94 bits per heavy atom. The third-order valence-electron chi connectivity index (χ3n) is 5.53. The monoisotopic (exact) mass is 433 g/mol. The lowest BCUT2D eigenvalue weighted by Gasteiger charge is -2.32. The third-order valence-corrected chi connectivity index (χ3v) is 5.53. The molecule has 7 heteroatoms. The number of amides is 1. The predicted octanol–water partition coefficient (Wildman–Crippen LogP) is 3.86. The summed E-state index contributed by atoms with van der Waals surface area (Å²) in [5, 5.41) is 3.85. The largest absolute Gasteiger partial charge is 0.369 e. The van der Waals surface area contributed by atoms with Crippen molar-refractivity contribution < 1.29 is 9.53 Å². The molecule has 0 radical (unpaired) electrons. The molecule has 1 fully saturated rings. The lowest BCUT2D eigenvalue weighted by molar-refractivity contribution is -0.0349. The third kappa shape index (κ3) is 5.11. The lowest BCUT2D eigenvalue weighted by atomic mass is 10.0. The van der Waals surface area contributed by atoms with Gasteiger partial charge in [-0.25, -0.2) is 15.0 Å². The number of ether oxygens (including phenoxy) is 1. The van der Waals surface area contributed by atoms with Gasteiger partial charge in [0, 0.05) is 54.9 Å². The first-order chi connectivity index (χ1) is 15.4. The van der Waals surface area contributed by atoms with E-state index in [1.807, 2.05) is 56.6 Å². The maximum Gasteiger partial charge on any atom is 0.252 e. The van der Waals surface area contributed by atoms with Gasteiger partial charge in [0.2, 0.25) is 0 Å². The van der Waals surface area contributed by atoms with Crippen LogP contribution in [0.15, 0.2) is 42.7 Å². The number of nitrogens with one attached hydrogen (secondary N) is 1. The van der Waals surface area contributed by atoms with E-state index in [0.717, 1.165) is 41.1 Å². The maximum atomic E-state index is 12.9. The fraction of sp³-hybridized carbons (Fsp3) is 0.440. The van der Waals surface area contributed by atoms with Crippen molar-refractivity contribution in [2.24, 2.45) is 0 Å². The van der Waals surface area contributed by atoms with Gasteiger partial charge in [-0.3, -0.25) is 9.69 Å². The van der Waals surface area contributed by atoms with Crippen LogP contribution in [0.1, 0.15) is 67.2 Å². The smallest absolute Gasteiger partial charge is 0.252 e. The summed E-state index contributed by atoms with van der Waals surface area (Å²) in [6.45, 7) is 11.0. The van der Waals surface area contributed by atoms with Gasteiger partial charge < -0.3 is 10.1 Å². The molecule has 168 valence electrons. The molecule has 1 atom stereocenters. The van der Waals surface area contributed by atoms with E-state index in [0.29, 0.717) is 24.6 Å². The highest BCUT2D eigenvalue weighted by molar-refractivity contribution is 6.06. The van der Waals surface area contributed by atoms with Crippen LogP contribution in [-0.4, -0.2) is 51.5 Å². The summed E-state index contributed by atoms with van der Waals surface area (Å²) in [6, 6.07) is 9.70. The number of morpholine rings is 1. The Morgan fingerprint density at radius 3 is 2.66 bits per heavy atom.